The van der Waals surface area contributed by atoms with Crippen LogP contribution in [0.25, 0.3) is 5.65 Å². The van der Waals surface area contributed by atoms with Crippen molar-refractivity contribution in [2.45, 2.75) is 32.0 Å². The number of piperidine rings is 1. The zero-order chi connectivity index (χ0) is 25.2. The topological polar surface area (TPSA) is 126 Å². The smallest absolute Gasteiger partial charge is 0.452 e. The van der Waals surface area contributed by atoms with Crippen molar-refractivity contribution in [1.29, 1.82) is 5.26 Å². The van der Waals surface area contributed by atoms with Crippen LogP contribution in [0.1, 0.15) is 31.2 Å². The van der Waals surface area contributed by atoms with Crippen LogP contribution in [0.2, 0.25) is 0 Å². The second-order valence-corrected chi connectivity index (χ2v) is 8.01. The second kappa shape index (κ2) is 9.57. The van der Waals surface area contributed by atoms with E-state index < -0.39 is 35.9 Å². The number of nitrogens with zero attached hydrogens (tertiary/aromatic N) is 6. The van der Waals surface area contributed by atoms with E-state index in [2.05, 4.69) is 20.6 Å². The highest BCUT2D eigenvalue weighted by atomic mass is 19.4. The van der Waals surface area contributed by atoms with E-state index in [1.807, 2.05) is 6.07 Å². The van der Waals surface area contributed by atoms with Crippen LogP contribution < -0.4 is 10.2 Å². The Bertz CT molecular complexity index is 1290. The fourth-order valence-electron chi connectivity index (χ4n) is 3.70. The van der Waals surface area contributed by atoms with Gasteiger partial charge in [0.15, 0.2) is 11.8 Å². The molecule has 0 radical (unpaired) electrons. The third kappa shape index (κ3) is 5.32. The first-order valence-electron chi connectivity index (χ1n) is 10.7. The lowest BCUT2D eigenvalue weighted by atomic mass is 9.97. The molecule has 182 valence electrons. The summed E-state index contributed by atoms with van der Waals surface area (Å²) in [5.74, 6) is -2.42. The predicted molar refractivity (Wildman–Crippen MR) is 116 cm³/mol. The molecule has 0 bridgehead atoms. The zero-order valence-corrected chi connectivity index (χ0v) is 18.5. The molecule has 1 saturated heterocycles. The molecule has 1 atom stereocenters. The number of fused-ring (bicyclic) bond motifs is 1. The van der Waals surface area contributed by atoms with Gasteiger partial charge in [0.1, 0.15) is 5.82 Å². The fourth-order valence-corrected chi connectivity index (χ4v) is 3.70. The van der Waals surface area contributed by atoms with E-state index >= 15 is 0 Å². The summed E-state index contributed by atoms with van der Waals surface area (Å²) in [7, 11) is 0. The Hall–Kier alpha value is -4.21. The van der Waals surface area contributed by atoms with E-state index in [1.165, 1.54) is 19.1 Å². The second-order valence-electron chi connectivity index (χ2n) is 8.01. The summed E-state index contributed by atoms with van der Waals surface area (Å²) < 4.78 is 45.3. The zero-order valence-electron chi connectivity index (χ0n) is 18.5. The summed E-state index contributed by atoms with van der Waals surface area (Å²) in [5.41, 5.74) is 0.773. The maximum atomic E-state index is 13.1. The molecule has 1 N–H and O–H groups in total. The number of benzene rings is 1. The Morgan fingerprint density at radius 2 is 1.94 bits per heavy atom. The maximum Gasteiger partial charge on any atom is 0.453 e. The van der Waals surface area contributed by atoms with E-state index in [-0.39, 0.29) is 5.65 Å². The summed E-state index contributed by atoms with van der Waals surface area (Å²) in [6, 6.07) is 11.3. The van der Waals surface area contributed by atoms with Gasteiger partial charge in [-0.05, 0) is 50.1 Å². The quantitative estimate of drug-likeness (QED) is 0.545. The van der Waals surface area contributed by atoms with Crippen molar-refractivity contribution in [2.75, 3.05) is 23.3 Å². The molecule has 1 amide bonds. The summed E-state index contributed by atoms with van der Waals surface area (Å²) >= 11 is 0. The molecule has 2 aromatic heterocycles. The minimum Gasteiger partial charge on any atom is -0.452 e. The Kier molecular flexibility index (Phi) is 6.54. The Labute approximate surface area is 197 Å². The molecule has 10 nitrogen and oxygen atoms in total. The lowest BCUT2D eigenvalue weighted by Crippen LogP contribution is -2.39. The molecule has 4 rings (SSSR count). The molecule has 13 heteroatoms. The van der Waals surface area contributed by atoms with Crippen molar-refractivity contribution in [1.82, 2.24) is 19.8 Å². The van der Waals surface area contributed by atoms with Crippen LogP contribution in [0.5, 0.6) is 0 Å². The lowest BCUT2D eigenvalue weighted by molar-refractivity contribution is -0.158. The molecule has 1 unspecified atom stereocenters. The van der Waals surface area contributed by atoms with Gasteiger partial charge in [-0.2, -0.15) is 22.9 Å². The predicted octanol–water partition coefficient (Wildman–Crippen LogP) is 2.80. The van der Waals surface area contributed by atoms with E-state index in [9.17, 15) is 22.8 Å². The number of alkyl halides is 3. The van der Waals surface area contributed by atoms with Gasteiger partial charge in [0.2, 0.25) is 0 Å². The fraction of sp³-hybridized carbons (Fsp3) is 0.364. The van der Waals surface area contributed by atoms with Gasteiger partial charge in [0.25, 0.3) is 11.7 Å². The molecule has 1 aliphatic rings. The van der Waals surface area contributed by atoms with Crippen molar-refractivity contribution >= 4 is 29.0 Å². The molecule has 0 aliphatic carbocycles. The number of hydrogen-bond donors (Lipinski definition) is 1. The number of rotatable bonds is 5. The van der Waals surface area contributed by atoms with Crippen LogP contribution in [0.15, 0.2) is 36.4 Å². The Balaban J connectivity index is 1.33. The number of carbonyl (C=O) groups excluding carboxylic acids is 2. The largest absolute Gasteiger partial charge is 0.453 e. The van der Waals surface area contributed by atoms with E-state index in [4.69, 9.17) is 10.00 Å². The Morgan fingerprint density at radius 1 is 1.20 bits per heavy atom. The molecule has 0 spiro atoms. The molecular weight excluding hydrogens is 467 g/mol. The lowest BCUT2D eigenvalue weighted by Gasteiger charge is -2.32. The number of amides is 1. The number of nitrogens with one attached hydrogen (secondary N) is 1. The molecule has 1 aliphatic heterocycles. The van der Waals surface area contributed by atoms with Crippen molar-refractivity contribution in [2.24, 2.45) is 5.92 Å². The molecule has 35 heavy (non-hydrogen) atoms. The molecular formula is C22H20F3N7O3. The summed E-state index contributed by atoms with van der Waals surface area (Å²) in [6.45, 7) is 2.18. The van der Waals surface area contributed by atoms with Crippen molar-refractivity contribution in [3.8, 4) is 6.07 Å². The molecule has 1 fully saturated rings. The maximum absolute atomic E-state index is 13.1. The van der Waals surface area contributed by atoms with Crippen LogP contribution in [-0.2, 0) is 20.5 Å². The minimum atomic E-state index is -4.69. The number of hydrogen-bond acceptors (Lipinski definition) is 8. The van der Waals surface area contributed by atoms with Gasteiger partial charge in [-0.1, -0.05) is 6.07 Å². The standard InChI is InChI=1S/C22H20F3N7O3/c1-13(19(33)27-16-4-2-3-14(11-16)12-26)35-20(34)15-7-9-31(10-8-15)18-6-5-17-28-29-21(22(23,24)25)32(17)30-18/h2-6,11,13,15H,7-10H2,1H3,(H,27,33). The normalized spacial score (nSPS) is 15.5. The highest BCUT2D eigenvalue weighted by molar-refractivity contribution is 5.95. The van der Waals surface area contributed by atoms with Gasteiger partial charge < -0.3 is 15.0 Å². The number of halogens is 3. The first-order valence-corrected chi connectivity index (χ1v) is 10.7. The summed E-state index contributed by atoms with van der Waals surface area (Å²) in [6.07, 6.45) is -4.98. The SMILES string of the molecule is CC(OC(=O)C1CCN(c2ccc3nnc(C(F)(F)F)n3n2)CC1)C(=O)Nc1cccc(C#N)c1. The van der Waals surface area contributed by atoms with Crippen molar-refractivity contribution in [3.05, 3.63) is 47.8 Å². The van der Waals surface area contributed by atoms with Crippen LogP contribution >= 0.6 is 0 Å². The van der Waals surface area contributed by atoms with Gasteiger partial charge in [-0.25, -0.2) is 0 Å². The number of anilines is 2. The van der Waals surface area contributed by atoms with Crippen LogP contribution in [-0.4, -0.2) is 50.9 Å². The van der Waals surface area contributed by atoms with E-state index in [0.717, 1.165) is 0 Å². The van der Waals surface area contributed by atoms with Gasteiger partial charge in [-0.3, -0.25) is 9.59 Å². The van der Waals surface area contributed by atoms with Crippen LogP contribution in [0.4, 0.5) is 24.7 Å². The highest BCUT2D eigenvalue weighted by Crippen LogP contribution is 2.29. The number of nitriles is 1. The number of esters is 1. The molecule has 0 saturated carbocycles. The first-order chi connectivity index (χ1) is 16.7. The van der Waals surface area contributed by atoms with Crippen molar-refractivity contribution in [3.63, 3.8) is 0 Å². The van der Waals surface area contributed by atoms with Crippen LogP contribution in [0, 0.1) is 17.2 Å². The van der Waals surface area contributed by atoms with Crippen molar-refractivity contribution < 1.29 is 27.5 Å². The van der Waals surface area contributed by atoms with Gasteiger partial charge in [0.05, 0.1) is 17.6 Å². The van der Waals surface area contributed by atoms with Crippen LogP contribution in [0.3, 0.4) is 0 Å². The van der Waals surface area contributed by atoms with Gasteiger partial charge in [-0.15, -0.1) is 15.3 Å². The molecule has 1 aromatic carbocycles. The van der Waals surface area contributed by atoms with Gasteiger partial charge >= 0.3 is 12.1 Å². The summed E-state index contributed by atoms with van der Waals surface area (Å²) in [5, 5.41) is 22.2. The minimum absolute atomic E-state index is 0.0221. The third-order valence-corrected chi connectivity index (χ3v) is 5.58. The van der Waals surface area contributed by atoms with E-state index in [0.29, 0.717) is 47.5 Å². The molecule has 3 heterocycles. The highest BCUT2D eigenvalue weighted by Gasteiger charge is 2.38. The van der Waals surface area contributed by atoms with E-state index in [1.54, 1.807) is 29.2 Å². The average Bonchev–Trinajstić information content (AvgIpc) is 3.28. The number of carbonyl (C=O) groups is 2. The molecule has 3 aromatic rings. The number of ether oxygens (including phenoxy) is 1. The first kappa shape index (κ1) is 23.9. The Morgan fingerprint density at radius 3 is 2.63 bits per heavy atom. The average molecular weight is 487 g/mol. The number of aromatic nitrogens is 4. The summed E-state index contributed by atoms with van der Waals surface area (Å²) in [4.78, 5) is 26.7. The third-order valence-electron chi connectivity index (χ3n) is 5.58. The van der Waals surface area contributed by atoms with Gasteiger partial charge in [0, 0.05) is 18.8 Å². The monoisotopic (exact) mass is 487 g/mol.